The van der Waals surface area contributed by atoms with Crippen molar-refractivity contribution in [2.24, 2.45) is 0 Å². The fourth-order valence-electron chi connectivity index (χ4n) is 4.00. The van der Waals surface area contributed by atoms with Crippen molar-refractivity contribution < 1.29 is 23.9 Å². The molecule has 41 heavy (non-hydrogen) atoms. The zero-order chi connectivity index (χ0) is 30.3. The van der Waals surface area contributed by atoms with Gasteiger partial charge in [0, 0.05) is 17.7 Å². The smallest absolute Gasteiger partial charge is 0.348 e. The van der Waals surface area contributed by atoms with E-state index in [1.807, 2.05) is 24.3 Å². The summed E-state index contributed by atoms with van der Waals surface area (Å²) in [7, 11) is 1.21. The monoisotopic (exact) mass is 591 g/mol. The van der Waals surface area contributed by atoms with Crippen molar-refractivity contribution in [2.75, 3.05) is 30.5 Å². The molecule has 0 spiro atoms. The Morgan fingerprint density at radius 1 is 1.12 bits per heavy atom. The molecular weight excluding hydrogens is 562 g/mol. The molecule has 0 saturated carbocycles. The van der Waals surface area contributed by atoms with E-state index >= 15 is 0 Å². The summed E-state index contributed by atoms with van der Waals surface area (Å²) < 4.78 is 9.89. The maximum atomic E-state index is 12.8. The Hall–Kier alpha value is -4.39. The summed E-state index contributed by atoms with van der Waals surface area (Å²) in [5.41, 5.74) is 9.03. The first-order chi connectivity index (χ1) is 19.6. The zero-order valence-electron chi connectivity index (χ0n) is 23.3. The number of amides is 1. The summed E-state index contributed by atoms with van der Waals surface area (Å²) in [6, 6.07) is 11.8. The van der Waals surface area contributed by atoms with Gasteiger partial charge in [0.05, 0.1) is 24.8 Å². The number of hydrogen-bond acceptors (Lipinski definition) is 11. The zero-order valence-corrected chi connectivity index (χ0v) is 24.9. The van der Waals surface area contributed by atoms with Crippen molar-refractivity contribution in [3.8, 4) is 23.3 Å². The molecule has 212 valence electrons. The van der Waals surface area contributed by atoms with Gasteiger partial charge in [-0.05, 0) is 36.5 Å². The number of anilines is 2. The van der Waals surface area contributed by atoms with E-state index < -0.39 is 17.8 Å². The number of nitrogens with zero attached hydrogens (tertiary/aromatic N) is 3. The predicted octanol–water partition coefficient (Wildman–Crippen LogP) is 5.65. The summed E-state index contributed by atoms with van der Waals surface area (Å²) in [4.78, 5) is 42.0. The Bertz CT molecular complexity index is 1570. The molecule has 0 aliphatic rings. The summed E-state index contributed by atoms with van der Waals surface area (Å²) in [5, 5.41) is 23.0. The second kappa shape index (κ2) is 13.8. The number of esters is 2. The number of nitriles is 2. The van der Waals surface area contributed by atoms with Crippen molar-refractivity contribution >= 4 is 51.8 Å². The van der Waals surface area contributed by atoms with Crippen LogP contribution in [0.2, 0.25) is 0 Å². The first-order valence-corrected chi connectivity index (χ1v) is 14.4. The molecule has 3 N–H and O–H groups in total. The van der Waals surface area contributed by atoms with Crippen LogP contribution in [-0.4, -0.2) is 42.3 Å². The van der Waals surface area contributed by atoms with E-state index in [1.54, 1.807) is 13.8 Å². The average molecular weight is 592 g/mol. The molecule has 0 fully saturated rings. The highest BCUT2D eigenvalue weighted by Crippen LogP contribution is 2.37. The summed E-state index contributed by atoms with van der Waals surface area (Å²) >= 11 is 2.08. The molecule has 10 nitrogen and oxygen atoms in total. The third kappa shape index (κ3) is 6.85. The molecular formula is C29H29N5O5S2. The van der Waals surface area contributed by atoms with Crippen LogP contribution in [0, 0.1) is 29.6 Å². The molecule has 0 bridgehead atoms. The number of hydrogen-bond donors (Lipinski definition) is 2. The summed E-state index contributed by atoms with van der Waals surface area (Å²) in [6.07, 6.45) is -0.0121. The lowest BCUT2D eigenvalue weighted by Crippen LogP contribution is -2.14. The van der Waals surface area contributed by atoms with Gasteiger partial charge in [0.2, 0.25) is 5.91 Å². The molecule has 0 atom stereocenters. The molecule has 12 heteroatoms. The van der Waals surface area contributed by atoms with Crippen LogP contribution in [0.25, 0.3) is 11.1 Å². The first-order valence-electron chi connectivity index (χ1n) is 12.6. The van der Waals surface area contributed by atoms with Crippen molar-refractivity contribution in [1.29, 1.82) is 10.5 Å². The van der Waals surface area contributed by atoms with E-state index in [1.165, 1.54) is 7.11 Å². The Balaban J connectivity index is 1.84. The maximum Gasteiger partial charge on any atom is 0.348 e. The second-order valence-corrected chi connectivity index (χ2v) is 11.2. The van der Waals surface area contributed by atoms with Gasteiger partial charge >= 0.3 is 11.9 Å². The molecule has 0 unspecified atom stereocenters. The van der Waals surface area contributed by atoms with Gasteiger partial charge in [-0.15, -0.1) is 23.1 Å². The topological polar surface area (TPSA) is 168 Å². The molecule has 0 aliphatic carbocycles. The SMILES string of the molecule is CCOC(=O)c1sc(NC(=O)CCSc2nc(N)c(C#N)c(-c3ccc(C(C)C)cc3)c2C#N)c(C(=O)OC)c1C. The van der Waals surface area contributed by atoms with Gasteiger partial charge < -0.3 is 20.5 Å². The molecule has 1 aromatic carbocycles. The van der Waals surface area contributed by atoms with E-state index in [0.29, 0.717) is 27.6 Å². The first kappa shape index (κ1) is 31.1. The van der Waals surface area contributed by atoms with Crippen LogP contribution in [-0.2, 0) is 14.3 Å². The Kier molecular flexibility index (Phi) is 10.5. The number of thioether (sulfide) groups is 1. The minimum Gasteiger partial charge on any atom is -0.465 e. The fraction of sp³-hybridized carbons (Fsp3) is 0.310. The number of nitrogen functional groups attached to an aromatic ring is 1. The van der Waals surface area contributed by atoms with Crippen molar-refractivity contribution in [3.63, 3.8) is 0 Å². The van der Waals surface area contributed by atoms with Crippen LogP contribution in [0.3, 0.4) is 0 Å². The number of carbonyl (C=O) groups is 3. The number of benzene rings is 1. The van der Waals surface area contributed by atoms with Crippen LogP contribution < -0.4 is 11.1 Å². The van der Waals surface area contributed by atoms with E-state index in [2.05, 4.69) is 36.3 Å². The quantitative estimate of drug-likeness (QED) is 0.222. The normalized spacial score (nSPS) is 10.5. The molecule has 0 radical (unpaired) electrons. The fourth-order valence-corrected chi connectivity index (χ4v) is 6.04. The molecule has 2 heterocycles. The molecule has 2 aromatic heterocycles. The second-order valence-electron chi connectivity index (χ2n) is 9.05. The number of pyridine rings is 1. The van der Waals surface area contributed by atoms with Crippen LogP contribution in [0.1, 0.15) is 75.4 Å². The standard InChI is InChI=1S/C29H29N5O5S2/c1-6-39-29(37)24-16(4)22(28(36)38-5)27(41-24)33-21(35)11-12-40-26-20(14-31)23(19(13-30)25(32)34-26)18-9-7-17(8-10-18)15(2)3/h7-10,15H,6,11-12H2,1-5H3,(H2,32,34)(H,33,35). The van der Waals surface area contributed by atoms with E-state index in [9.17, 15) is 24.9 Å². The molecule has 0 aliphatic heterocycles. The van der Waals surface area contributed by atoms with Gasteiger partial charge in [-0.25, -0.2) is 14.6 Å². The van der Waals surface area contributed by atoms with Gasteiger partial charge in [0.25, 0.3) is 0 Å². The third-order valence-electron chi connectivity index (χ3n) is 6.10. The third-order valence-corrected chi connectivity index (χ3v) is 8.26. The highest BCUT2D eigenvalue weighted by Gasteiger charge is 2.27. The predicted molar refractivity (Wildman–Crippen MR) is 158 cm³/mol. The average Bonchev–Trinajstić information content (AvgIpc) is 3.27. The van der Waals surface area contributed by atoms with Gasteiger partial charge in [-0.1, -0.05) is 38.1 Å². The van der Waals surface area contributed by atoms with Gasteiger partial charge in [0.15, 0.2) is 0 Å². The number of nitrogens with one attached hydrogen (secondary N) is 1. The van der Waals surface area contributed by atoms with Crippen molar-refractivity contribution in [2.45, 2.75) is 45.1 Å². The van der Waals surface area contributed by atoms with E-state index in [-0.39, 0.29) is 51.2 Å². The lowest BCUT2D eigenvalue weighted by atomic mass is 9.94. The Labute approximate surface area is 246 Å². The molecule has 3 rings (SSSR count). The number of nitrogens with two attached hydrogens (primary N) is 1. The lowest BCUT2D eigenvalue weighted by molar-refractivity contribution is -0.115. The number of thiophene rings is 1. The Morgan fingerprint density at radius 2 is 1.78 bits per heavy atom. The van der Waals surface area contributed by atoms with Crippen LogP contribution in [0.5, 0.6) is 0 Å². The van der Waals surface area contributed by atoms with Gasteiger partial charge in [-0.2, -0.15) is 10.5 Å². The van der Waals surface area contributed by atoms with E-state index in [4.69, 9.17) is 15.2 Å². The largest absolute Gasteiger partial charge is 0.465 e. The van der Waals surface area contributed by atoms with Gasteiger partial charge in [-0.3, -0.25) is 4.79 Å². The minimum atomic E-state index is -0.691. The number of methoxy groups -OCH3 is 1. The number of rotatable bonds is 10. The molecule has 3 aromatic rings. The van der Waals surface area contributed by atoms with E-state index in [0.717, 1.165) is 28.7 Å². The maximum absolute atomic E-state index is 12.8. The number of ether oxygens (including phenoxy) is 2. The minimum absolute atomic E-state index is 0.00957. The molecule has 0 saturated heterocycles. The lowest BCUT2D eigenvalue weighted by Gasteiger charge is -2.14. The van der Waals surface area contributed by atoms with Crippen LogP contribution in [0.4, 0.5) is 10.8 Å². The van der Waals surface area contributed by atoms with Crippen LogP contribution in [0.15, 0.2) is 29.3 Å². The number of aromatic nitrogens is 1. The van der Waals surface area contributed by atoms with Crippen molar-refractivity contribution in [1.82, 2.24) is 4.98 Å². The summed E-state index contributed by atoms with van der Waals surface area (Å²) in [5.74, 6) is -1.20. The molecule has 1 amide bonds. The van der Waals surface area contributed by atoms with Crippen LogP contribution >= 0.6 is 23.1 Å². The van der Waals surface area contributed by atoms with Crippen molar-refractivity contribution in [3.05, 3.63) is 57.0 Å². The van der Waals surface area contributed by atoms with Gasteiger partial charge in [0.1, 0.15) is 38.4 Å². The Morgan fingerprint density at radius 3 is 2.34 bits per heavy atom. The number of carbonyl (C=O) groups excluding carboxylic acids is 3. The highest BCUT2D eigenvalue weighted by molar-refractivity contribution is 7.99. The summed E-state index contributed by atoms with van der Waals surface area (Å²) in [6.45, 7) is 7.55. The highest BCUT2D eigenvalue weighted by atomic mass is 32.2.